The number of benzene rings is 1. The van der Waals surface area contributed by atoms with Crippen LogP contribution in [0.25, 0.3) is 11.0 Å². The monoisotopic (exact) mass is 252 g/mol. The van der Waals surface area contributed by atoms with Gasteiger partial charge in [0, 0.05) is 4.47 Å². The van der Waals surface area contributed by atoms with Gasteiger partial charge in [-0.05, 0) is 25.1 Å². The van der Waals surface area contributed by atoms with Gasteiger partial charge in [0.2, 0.25) is 0 Å². The van der Waals surface area contributed by atoms with Gasteiger partial charge in [-0.2, -0.15) is 0 Å². The van der Waals surface area contributed by atoms with Crippen molar-refractivity contribution in [2.45, 2.75) is 13.5 Å². The fraction of sp³-hybridized carbons (Fsp3) is 0.200. The SMILES string of the molecule is Cc1nc2cc(Br)ccc2n1CC=O. The molecule has 1 heterocycles. The second-order valence-electron chi connectivity index (χ2n) is 3.07. The molecule has 72 valence electrons. The molecule has 0 N–H and O–H groups in total. The number of carbonyl (C=O) groups excluding carboxylic acids is 1. The van der Waals surface area contributed by atoms with Crippen LogP contribution in [-0.2, 0) is 11.3 Å². The first kappa shape index (κ1) is 9.40. The van der Waals surface area contributed by atoms with Crippen LogP contribution in [0.3, 0.4) is 0 Å². The Morgan fingerprint density at radius 3 is 3.07 bits per heavy atom. The van der Waals surface area contributed by atoms with Crippen LogP contribution in [0.5, 0.6) is 0 Å². The Morgan fingerprint density at radius 1 is 1.57 bits per heavy atom. The Morgan fingerprint density at radius 2 is 2.36 bits per heavy atom. The standard InChI is InChI=1S/C10H9BrN2O/c1-7-12-9-6-8(11)2-3-10(9)13(7)4-5-14/h2-3,5-6H,4H2,1H3. The average molecular weight is 253 g/mol. The van der Waals surface area contributed by atoms with Gasteiger partial charge in [-0.15, -0.1) is 0 Å². The predicted molar refractivity (Wildman–Crippen MR) is 58.2 cm³/mol. The zero-order valence-electron chi connectivity index (χ0n) is 7.70. The Labute approximate surface area is 89.9 Å². The quantitative estimate of drug-likeness (QED) is 0.770. The van der Waals surface area contributed by atoms with Crippen molar-refractivity contribution in [1.29, 1.82) is 0 Å². The molecular formula is C10H9BrN2O. The molecule has 0 saturated carbocycles. The van der Waals surface area contributed by atoms with Crippen LogP contribution in [0.1, 0.15) is 5.82 Å². The number of hydrogen-bond acceptors (Lipinski definition) is 2. The van der Waals surface area contributed by atoms with Gasteiger partial charge in [0.15, 0.2) is 0 Å². The molecule has 14 heavy (non-hydrogen) atoms. The molecule has 2 aromatic rings. The topological polar surface area (TPSA) is 34.9 Å². The molecule has 1 aromatic heterocycles. The summed E-state index contributed by atoms with van der Waals surface area (Å²) in [5, 5.41) is 0. The number of aldehydes is 1. The van der Waals surface area contributed by atoms with E-state index >= 15 is 0 Å². The molecular weight excluding hydrogens is 244 g/mol. The van der Waals surface area contributed by atoms with Crippen molar-refractivity contribution in [3.05, 3.63) is 28.5 Å². The van der Waals surface area contributed by atoms with Crippen molar-refractivity contribution in [2.75, 3.05) is 0 Å². The molecule has 3 nitrogen and oxygen atoms in total. The minimum absolute atomic E-state index is 0.365. The molecule has 0 fully saturated rings. The molecule has 0 radical (unpaired) electrons. The molecule has 0 atom stereocenters. The molecule has 0 unspecified atom stereocenters. The van der Waals surface area contributed by atoms with Gasteiger partial charge in [-0.3, -0.25) is 0 Å². The third kappa shape index (κ3) is 1.46. The average Bonchev–Trinajstić information content (AvgIpc) is 2.43. The molecule has 0 spiro atoms. The summed E-state index contributed by atoms with van der Waals surface area (Å²) in [6, 6.07) is 5.86. The van der Waals surface area contributed by atoms with E-state index < -0.39 is 0 Å². The first-order valence-electron chi connectivity index (χ1n) is 4.28. The zero-order chi connectivity index (χ0) is 10.1. The number of rotatable bonds is 2. The third-order valence-electron chi connectivity index (χ3n) is 2.16. The number of halogens is 1. The number of aromatic nitrogens is 2. The van der Waals surface area contributed by atoms with E-state index in [1.54, 1.807) is 0 Å². The summed E-state index contributed by atoms with van der Waals surface area (Å²) in [6.45, 7) is 2.27. The highest BCUT2D eigenvalue weighted by Gasteiger charge is 2.06. The highest BCUT2D eigenvalue weighted by molar-refractivity contribution is 9.10. The van der Waals surface area contributed by atoms with Crippen molar-refractivity contribution in [2.24, 2.45) is 0 Å². The molecule has 4 heteroatoms. The van der Waals surface area contributed by atoms with Crippen molar-refractivity contribution in [3.8, 4) is 0 Å². The Balaban J connectivity index is 2.70. The molecule has 0 aliphatic heterocycles. The highest BCUT2D eigenvalue weighted by Crippen LogP contribution is 2.20. The van der Waals surface area contributed by atoms with E-state index in [4.69, 9.17) is 0 Å². The van der Waals surface area contributed by atoms with Crippen LogP contribution in [0.15, 0.2) is 22.7 Å². The summed E-state index contributed by atoms with van der Waals surface area (Å²) in [5.41, 5.74) is 1.91. The summed E-state index contributed by atoms with van der Waals surface area (Å²) in [7, 11) is 0. The second kappa shape index (κ2) is 3.53. The summed E-state index contributed by atoms with van der Waals surface area (Å²) in [4.78, 5) is 14.8. The normalized spacial score (nSPS) is 10.7. The highest BCUT2D eigenvalue weighted by atomic mass is 79.9. The number of aryl methyl sites for hydroxylation is 1. The van der Waals surface area contributed by atoms with E-state index in [0.29, 0.717) is 6.54 Å². The van der Waals surface area contributed by atoms with Crippen LogP contribution in [0.4, 0.5) is 0 Å². The van der Waals surface area contributed by atoms with Crippen LogP contribution < -0.4 is 0 Å². The van der Waals surface area contributed by atoms with Crippen LogP contribution in [-0.4, -0.2) is 15.8 Å². The van der Waals surface area contributed by atoms with Crippen LogP contribution >= 0.6 is 15.9 Å². The number of carbonyl (C=O) groups is 1. The number of fused-ring (bicyclic) bond motifs is 1. The van der Waals surface area contributed by atoms with E-state index in [1.165, 1.54) is 0 Å². The Kier molecular flexibility index (Phi) is 2.37. The predicted octanol–water partition coefficient (Wildman–Crippen LogP) is 2.31. The van der Waals surface area contributed by atoms with Gasteiger partial charge in [0.05, 0.1) is 17.6 Å². The van der Waals surface area contributed by atoms with Gasteiger partial charge < -0.3 is 9.36 Å². The number of imidazole rings is 1. The summed E-state index contributed by atoms with van der Waals surface area (Å²) >= 11 is 3.39. The largest absolute Gasteiger partial charge is 0.321 e. The molecule has 2 rings (SSSR count). The summed E-state index contributed by atoms with van der Waals surface area (Å²) < 4.78 is 2.90. The lowest BCUT2D eigenvalue weighted by molar-refractivity contribution is -0.108. The van der Waals surface area contributed by atoms with Crippen molar-refractivity contribution >= 4 is 33.2 Å². The molecule has 0 amide bonds. The van der Waals surface area contributed by atoms with E-state index in [2.05, 4.69) is 20.9 Å². The van der Waals surface area contributed by atoms with Gasteiger partial charge in [0.1, 0.15) is 12.1 Å². The maximum absolute atomic E-state index is 10.5. The van der Waals surface area contributed by atoms with E-state index in [1.807, 2.05) is 29.7 Å². The van der Waals surface area contributed by atoms with Crippen LogP contribution in [0.2, 0.25) is 0 Å². The number of nitrogens with zero attached hydrogens (tertiary/aromatic N) is 2. The molecule has 0 aliphatic rings. The molecule has 0 bridgehead atoms. The fourth-order valence-corrected chi connectivity index (χ4v) is 1.88. The van der Waals surface area contributed by atoms with Crippen LogP contribution in [0, 0.1) is 6.92 Å². The zero-order valence-corrected chi connectivity index (χ0v) is 9.28. The summed E-state index contributed by atoms with van der Waals surface area (Å²) in [5.74, 6) is 0.866. The molecule has 1 aromatic carbocycles. The third-order valence-corrected chi connectivity index (χ3v) is 2.65. The first-order chi connectivity index (χ1) is 6.72. The lowest BCUT2D eigenvalue weighted by Crippen LogP contribution is -2.00. The lowest BCUT2D eigenvalue weighted by atomic mass is 10.3. The molecule has 0 saturated heterocycles. The number of hydrogen-bond donors (Lipinski definition) is 0. The first-order valence-corrected chi connectivity index (χ1v) is 5.07. The maximum atomic E-state index is 10.5. The van der Waals surface area contributed by atoms with Crippen molar-refractivity contribution in [3.63, 3.8) is 0 Å². The Hall–Kier alpha value is -1.16. The van der Waals surface area contributed by atoms with Gasteiger partial charge in [-0.1, -0.05) is 15.9 Å². The van der Waals surface area contributed by atoms with Gasteiger partial charge in [0.25, 0.3) is 0 Å². The maximum Gasteiger partial charge on any atom is 0.139 e. The fourth-order valence-electron chi connectivity index (χ4n) is 1.53. The van der Waals surface area contributed by atoms with Crippen molar-refractivity contribution < 1.29 is 4.79 Å². The smallest absolute Gasteiger partial charge is 0.139 e. The summed E-state index contributed by atoms with van der Waals surface area (Å²) in [6.07, 6.45) is 0.885. The van der Waals surface area contributed by atoms with E-state index in [9.17, 15) is 4.79 Å². The van der Waals surface area contributed by atoms with E-state index in [-0.39, 0.29) is 0 Å². The minimum atomic E-state index is 0.365. The lowest BCUT2D eigenvalue weighted by Gasteiger charge is -2.00. The Bertz CT molecular complexity index is 490. The van der Waals surface area contributed by atoms with Crippen molar-refractivity contribution in [1.82, 2.24) is 9.55 Å². The minimum Gasteiger partial charge on any atom is -0.321 e. The van der Waals surface area contributed by atoms with Gasteiger partial charge >= 0.3 is 0 Å². The second-order valence-corrected chi connectivity index (χ2v) is 3.99. The van der Waals surface area contributed by atoms with E-state index in [0.717, 1.165) is 27.6 Å². The molecule has 0 aliphatic carbocycles. The van der Waals surface area contributed by atoms with Gasteiger partial charge in [-0.25, -0.2) is 4.98 Å².